The maximum atomic E-state index is 11.9. The zero-order chi connectivity index (χ0) is 13.0. The molecule has 1 heterocycles. The maximum Gasteiger partial charge on any atom is 0.267 e. The second-order valence-corrected chi connectivity index (χ2v) is 5.16. The third-order valence-electron chi connectivity index (χ3n) is 3.83. The van der Waals surface area contributed by atoms with E-state index in [9.17, 15) is 9.59 Å². The Hall–Kier alpha value is -1.58. The zero-order valence-electron chi connectivity index (χ0n) is 10.7. The SMILES string of the molecule is CC1CCCCC1CNC(=O)c1cccc(=O)[nH]1. The first kappa shape index (κ1) is 12.9. The molecule has 2 unspecified atom stereocenters. The van der Waals surface area contributed by atoms with E-state index < -0.39 is 0 Å². The number of nitrogens with one attached hydrogen (secondary N) is 2. The van der Waals surface area contributed by atoms with Gasteiger partial charge < -0.3 is 10.3 Å². The Morgan fingerprint density at radius 3 is 2.89 bits per heavy atom. The third kappa shape index (κ3) is 3.22. The normalized spacial score (nSPS) is 23.6. The number of aromatic nitrogens is 1. The number of hydrogen-bond acceptors (Lipinski definition) is 2. The molecular weight excluding hydrogens is 228 g/mol. The van der Waals surface area contributed by atoms with Gasteiger partial charge in [-0.25, -0.2) is 0 Å². The highest BCUT2D eigenvalue weighted by Gasteiger charge is 2.21. The van der Waals surface area contributed by atoms with Gasteiger partial charge in [-0.1, -0.05) is 32.3 Å². The standard InChI is InChI=1S/C14H20N2O2/c1-10-5-2-3-6-11(10)9-15-14(18)12-7-4-8-13(17)16-12/h4,7-8,10-11H,2-3,5-6,9H2,1H3,(H,15,18)(H,16,17). The molecule has 1 saturated carbocycles. The van der Waals surface area contributed by atoms with E-state index in [2.05, 4.69) is 17.2 Å². The molecule has 4 nitrogen and oxygen atoms in total. The van der Waals surface area contributed by atoms with Crippen molar-refractivity contribution >= 4 is 5.91 Å². The molecule has 1 aromatic rings. The van der Waals surface area contributed by atoms with Crippen LogP contribution in [-0.4, -0.2) is 17.4 Å². The summed E-state index contributed by atoms with van der Waals surface area (Å²) in [6.07, 6.45) is 5.00. The Labute approximate surface area is 107 Å². The van der Waals surface area contributed by atoms with Crippen molar-refractivity contribution in [2.45, 2.75) is 32.6 Å². The number of pyridine rings is 1. The minimum absolute atomic E-state index is 0.189. The quantitative estimate of drug-likeness (QED) is 0.858. The molecule has 98 valence electrons. The van der Waals surface area contributed by atoms with E-state index in [1.807, 2.05) is 0 Å². The summed E-state index contributed by atoms with van der Waals surface area (Å²) >= 11 is 0. The van der Waals surface area contributed by atoms with Crippen molar-refractivity contribution in [3.05, 3.63) is 34.2 Å². The van der Waals surface area contributed by atoms with Crippen molar-refractivity contribution in [1.29, 1.82) is 0 Å². The number of amides is 1. The van der Waals surface area contributed by atoms with E-state index in [1.54, 1.807) is 12.1 Å². The number of carbonyl (C=O) groups excluding carboxylic acids is 1. The molecule has 0 saturated heterocycles. The van der Waals surface area contributed by atoms with Crippen LogP contribution in [0.25, 0.3) is 0 Å². The fourth-order valence-corrected chi connectivity index (χ4v) is 2.60. The highest BCUT2D eigenvalue weighted by atomic mass is 16.2. The van der Waals surface area contributed by atoms with Crippen LogP contribution in [0.15, 0.2) is 23.0 Å². The number of aromatic amines is 1. The monoisotopic (exact) mass is 248 g/mol. The highest BCUT2D eigenvalue weighted by Crippen LogP contribution is 2.28. The summed E-state index contributed by atoms with van der Waals surface area (Å²) in [5.74, 6) is 1.05. The molecule has 0 aromatic carbocycles. The second kappa shape index (κ2) is 5.85. The molecule has 0 bridgehead atoms. The average molecular weight is 248 g/mol. The minimum Gasteiger partial charge on any atom is -0.350 e. The van der Waals surface area contributed by atoms with Crippen molar-refractivity contribution in [1.82, 2.24) is 10.3 Å². The molecule has 2 rings (SSSR count). The summed E-state index contributed by atoms with van der Waals surface area (Å²) in [5, 5.41) is 2.92. The Morgan fingerprint density at radius 1 is 1.39 bits per heavy atom. The first-order chi connectivity index (χ1) is 8.66. The van der Waals surface area contributed by atoms with E-state index in [4.69, 9.17) is 0 Å². The summed E-state index contributed by atoms with van der Waals surface area (Å²) in [6.45, 7) is 2.96. The summed E-state index contributed by atoms with van der Waals surface area (Å²) in [6, 6.07) is 4.62. The lowest BCUT2D eigenvalue weighted by molar-refractivity contribution is 0.0931. The molecule has 4 heteroatoms. The Kier molecular flexibility index (Phi) is 4.18. The lowest BCUT2D eigenvalue weighted by Crippen LogP contribution is -2.34. The van der Waals surface area contributed by atoms with E-state index in [-0.39, 0.29) is 11.5 Å². The van der Waals surface area contributed by atoms with E-state index in [1.165, 1.54) is 31.7 Å². The molecule has 0 spiro atoms. The number of rotatable bonds is 3. The highest BCUT2D eigenvalue weighted by molar-refractivity contribution is 5.92. The van der Waals surface area contributed by atoms with E-state index in [0.717, 1.165) is 0 Å². The van der Waals surface area contributed by atoms with Gasteiger partial charge in [-0.05, 0) is 24.3 Å². The lowest BCUT2D eigenvalue weighted by atomic mass is 9.80. The summed E-state index contributed by atoms with van der Waals surface area (Å²) in [5.41, 5.74) is 0.0969. The van der Waals surface area contributed by atoms with Crippen LogP contribution in [0.2, 0.25) is 0 Å². The van der Waals surface area contributed by atoms with Crippen LogP contribution in [0, 0.1) is 11.8 Å². The molecule has 1 aliphatic rings. The molecule has 1 aromatic heterocycles. The van der Waals surface area contributed by atoms with Gasteiger partial charge in [-0.3, -0.25) is 9.59 Å². The topological polar surface area (TPSA) is 62.0 Å². The van der Waals surface area contributed by atoms with Gasteiger partial charge in [0, 0.05) is 12.6 Å². The van der Waals surface area contributed by atoms with Gasteiger partial charge in [0.25, 0.3) is 5.91 Å². The van der Waals surface area contributed by atoms with Gasteiger partial charge in [0.1, 0.15) is 5.69 Å². The van der Waals surface area contributed by atoms with Crippen molar-refractivity contribution in [3.8, 4) is 0 Å². The summed E-state index contributed by atoms with van der Waals surface area (Å²) < 4.78 is 0. The number of hydrogen-bond donors (Lipinski definition) is 2. The minimum atomic E-state index is -0.242. The van der Waals surface area contributed by atoms with Crippen molar-refractivity contribution in [3.63, 3.8) is 0 Å². The molecule has 0 aliphatic heterocycles. The van der Waals surface area contributed by atoms with Crippen LogP contribution >= 0.6 is 0 Å². The Morgan fingerprint density at radius 2 is 2.17 bits per heavy atom. The Bertz CT molecular complexity index is 467. The molecule has 1 fully saturated rings. The molecule has 2 N–H and O–H groups in total. The van der Waals surface area contributed by atoms with Gasteiger partial charge in [0.15, 0.2) is 0 Å². The molecular formula is C14H20N2O2. The first-order valence-corrected chi connectivity index (χ1v) is 6.64. The maximum absolute atomic E-state index is 11.9. The Balaban J connectivity index is 1.90. The first-order valence-electron chi connectivity index (χ1n) is 6.64. The van der Waals surface area contributed by atoms with Gasteiger partial charge >= 0.3 is 0 Å². The summed E-state index contributed by atoms with van der Waals surface area (Å²) in [4.78, 5) is 25.5. The van der Waals surface area contributed by atoms with Crippen LogP contribution in [-0.2, 0) is 0 Å². The largest absolute Gasteiger partial charge is 0.350 e. The fourth-order valence-electron chi connectivity index (χ4n) is 2.60. The van der Waals surface area contributed by atoms with Crippen LogP contribution < -0.4 is 10.9 Å². The molecule has 1 amide bonds. The molecule has 18 heavy (non-hydrogen) atoms. The number of H-pyrrole nitrogens is 1. The van der Waals surface area contributed by atoms with Crippen molar-refractivity contribution in [2.24, 2.45) is 11.8 Å². The van der Waals surface area contributed by atoms with Gasteiger partial charge in [0.2, 0.25) is 5.56 Å². The molecule has 1 aliphatic carbocycles. The van der Waals surface area contributed by atoms with Crippen LogP contribution in [0.3, 0.4) is 0 Å². The number of carbonyl (C=O) groups is 1. The van der Waals surface area contributed by atoms with E-state index >= 15 is 0 Å². The van der Waals surface area contributed by atoms with E-state index in [0.29, 0.717) is 24.1 Å². The third-order valence-corrected chi connectivity index (χ3v) is 3.83. The summed E-state index contributed by atoms with van der Waals surface area (Å²) in [7, 11) is 0. The van der Waals surface area contributed by atoms with Gasteiger partial charge in [-0.2, -0.15) is 0 Å². The lowest BCUT2D eigenvalue weighted by Gasteiger charge is -2.28. The second-order valence-electron chi connectivity index (χ2n) is 5.16. The zero-order valence-corrected chi connectivity index (χ0v) is 10.7. The van der Waals surface area contributed by atoms with Crippen LogP contribution in [0.4, 0.5) is 0 Å². The predicted octanol–water partition coefficient (Wildman–Crippen LogP) is 1.93. The average Bonchev–Trinajstić information content (AvgIpc) is 2.37. The smallest absolute Gasteiger partial charge is 0.267 e. The van der Waals surface area contributed by atoms with Crippen LogP contribution in [0.5, 0.6) is 0 Å². The molecule has 2 atom stereocenters. The van der Waals surface area contributed by atoms with Gasteiger partial charge in [0.05, 0.1) is 0 Å². The fraction of sp³-hybridized carbons (Fsp3) is 0.571. The van der Waals surface area contributed by atoms with Gasteiger partial charge in [-0.15, -0.1) is 0 Å². The predicted molar refractivity (Wildman–Crippen MR) is 70.5 cm³/mol. The van der Waals surface area contributed by atoms with Crippen molar-refractivity contribution < 1.29 is 4.79 Å². The van der Waals surface area contributed by atoms with Crippen molar-refractivity contribution in [2.75, 3.05) is 6.54 Å². The molecule has 0 radical (unpaired) electrons. The van der Waals surface area contributed by atoms with Crippen LogP contribution in [0.1, 0.15) is 43.1 Å².